The second-order valence-electron chi connectivity index (χ2n) is 6.20. The lowest BCUT2D eigenvalue weighted by Gasteiger charge is -2.25. The fraction of sp³-hybridized carbons (Fsp3) is 0.625. The fourth-order valence-electron chi connectivity index (χ4n) is 2.33. The van der Waals surface area contributed by atoms with Crippen LogP contribution < -0.4 is 5.32 Å². The van der Waals surface area contributed by atoms with Crippen LogP contribution in [0.25, 0.3) is 0 Å². The SMILES string of the molecule is Cc1cc(C)c(C(=O)N2CSC[C@@H]2C(=O)N[C@H](C)C(C)C)o1. The molecule has 1 aliphatic rings. The van der Waals surface area contributed by atoms with E-state index in [0.29, 0.717) is 29.1 Å². The summed E-state index contributed by atoms with van der Waals surface area (Å²) in [5, 5.41) is 3.00. The third kappa shape index (κ3) is 3.48. The van der Waals surface area contributed by atoms with E-state index in [1.54, 1.807) is 16.7 Å². The molecule has 1 saturated heterocycles. The largest absolute Gasteiger partial charge is 0.456 e. The highest BCUT2D eigenvalue weighted by atomic mass is 32.2. The van der Waals surface area contributed by atoms with Crippen LogP contribution in [-0.2, 0) is 4.79 Å². The average Bonchev–Trinajstić information content (AvgIpc) is 3.04. The van der Waals surface area contributed by atoms with Crippen molar-refractivity contribution in [1.29, 1.82) is 0 Å². The maximum atomic E-state index is 12.7. The zero-order valence-electron chi connectivity index (χ0n) is 13.8. The monoisotopic (exact) mass is 324 g/mol. The number of rotatable bonds is 4. The quantitative estimate of drug-likeness (QED) is 0.924. The van der Waals surface area contributed by atoms with Crippen LogP contribution in [0.15, 0.2) is 10.5 Å². The number of nitrogens with zero attached hydrogens (tertiary/aromatic N) is 1. The van der Waals surface area contributed by atoms with Crippen molar-refractivity contribution in [2.45, 2.75) is 46.7 Å². The van der Waals surface area contributed by atoms with E-state index in [9.17, 15) is 9.59 Å². The third-order valence-corrected chi connectivity index (χ3v) is 5.06. The van der Waals surface area contributed by atoms with Crippen LogP contribution in [0.1, 0.15) is 42.6 Å². The molecule has 0 radical (unpaired) electrons. The third-order valence-electron chi connectivity index (χ3n) is 4.05. The van der Waals surface area contributed by atoms with Gasteiger partial charge in [0.15, 0.2) is 5.76 Å². The van der Waals surface area contributed by atoms with Gasteiger partial charge < -0.3 is 14.6 Å². The minimum absolute atomic E-state index is 0.0829. The Bertz CT molecular complexity index is 568. The van der Waals surface area contributed by atoms with E-state index in [4.69, 9.17) is 4.42 Å². The molecule has 1 fully saturated rings. The highest BCUT2D eigenvalue weighted by Crippen LogP contribution is 2.25. The number of amides is 2. The van der Waals surface area contributed by atoms with E-state index < -0.39 is 6.04 Å². The average molecular weight is 324 g/mol. The molecule has 1 aromatic heterocycles. The zero-order chi connectivity index (χ0) is 16.4. The normalized spacial score (nSPS) is 19.5. The molecule has 1 aromatic rings. The first-order valence-corrected chi connectivity index (χ1v) is 8.72. The van der Waals surface area contributed by atoms with Crippen molar-refractivity contribution < 1.29 is 14.0 Å². The van der Waals surface area contributed by atoms with Gasteiger partial charge in [0, 0.05) is 17.4 Å². The molecule has 0 aromatic carbocycles. The lowest BCUT2D eigenvalue weighted by molar-refractivity contribution is -0.125. The number of nitrogens with one attached hydrogen (secondary N) is 1. The van der Waals surface area contributed by atoms with Crippen LogP contribution in [0.3, 0.4) is 0 Å². The topological polar surface area (TPSA) is 62.6 Å². The van der Waals surface area contributed by atoms with E-state index in [1.165, 1.54) is 0 Å². The highest BCUT2D eigenvalue weighted by molar-refractivity contribution is 7.99. The van der Waals surface area contributed by atoms with Crippen LogP contribution in [0, 0.1) is 19.8 Å². The Morgan fingerprint density at radius 2 is 2.05 bits per heavy atom. The molecule has 22 heavy (non-hydrogen) atoms. The maximum absolute atomic E-state index is 12.7. The predicted octanol–water partition coefficient (Wildman–Crippen LogP) is 2.57. The van der Waals surface area contributed by atoms with E-state index in [2.05, 4.69) is 19.2 Å². The fourth-order valence-corrected chi connectivity index (χ4v) is 3.49. The molecule has 0 unspecified atom stereocenters. The second kappa shape index (κ2) is 6.77. The molecule has 6 heteroatoms. The summed E-state index contributed by atoms with van der Waals surface area (Å²) in [4.78, 5) is 26.7. The summed E-state index contributed by atoms with van der Waals surface area (Å²) in [6.07, 6.45) is 0. The molecule has 5 nitrogen and oxygen atoms in total. The molecule has 0 aliphatic carbocycles. The van der Waals surface area contributed by atoms with E-state index in [-0.39, 0.29) is 17.9 Å². The lowest BCUT2D eigenvalue weighted by Crippen LogP contribution is -2.50. The van der Waals surface area contributed by atoms with Gasteiger partial charge in [-0.25, -0.2) is 0 Å². The number of hydrogen-bond donors (Lipinski definition) is 1. The van der Waals surface area contributed by atoms with Crippen molar-refractivity contribution in [3.8, 4) is 0 Å². The first-order chi connectivity index (χ1) is 10.3. The highest BCUT2D eigenvalue weighted by Gasteiger charge is 2.37. The number of hydrogen-bond acceptors (Lipinski definition) is 4. The summed E-state index contributed by atoms with van der Waals surface area (Å²) >= 11 is 1.59. The first kappa shape index (κ1) is 16.9. The van der Waals surface area contributed by atoms with Crippen LogP contribution in [0.5, 0.6) is 0 Å². The molecular formula is C16H24N2O3S. The summed E-state index contributed by atoms with van der Waals surface area (Å²) in [6.45, 7) is 9.77. The van der Waals surface area contributed by atoms with Gasteiger partial charge in [-0.15, -0.1) is 11.8 Å². The maximum Gasteiger partial charge on any atom is 0.291 e. The van der Waals surface area contributed by atoms with Crippen molar-refractivity contribution in [3.63, 3.8) is 0 Å². The summed E-state index contributed by atoms with van der Waals surface area (Å²) in [6, 6.07) is 1.50. The number of furan rings is 1. The number of aryl methyl sites for hydroxylation is 2. The first-order valence-electron chi connectivity index (χ1n) is 7.57. The van der Waals surface area contributed by atoms with E-state index in [1.807, 2.05) is 26.8 Å². The molecule has 2 atom stereocenters. The van der Waals surface area contributed by atoms with Gasteiger partial charge in [-0.1, -0.05) is 13.8 Å². The Morgan fingerprint density at radius 1 is 1.36 bits per heavy atom. The van der Waals surface area contributed by atoms with Crippen LogP contribution in [-0.4, -0.2) is 40.4 Å². The summed E-state index contributed by atoms with van der Waals surface area (Å²) < 4.78 is 5.50. The Labute approximate surface area is 135 Å². The summed E-state index contributed by atoms with van der Waals surface area (Å²) in [5.74, 6) is 2.27. The van der Waals surface area contributed by atoms with Gasteiger partial charge >= 0.3 is 0 Å². The van der Waals surface area contributed by atoms with Gasteiger partial charge in [-0.2, -0.15) is 0 Å². The summed E-state index contributed by atoms with van der Waals surface area (Å²) in [7, 11) is 0. The zero-order valence-corrected chi connectivity index (χ0v) is 14.6. The Kier molecular flexibility index (Phi) is 5.21. The molecule has 122 valence electrons. The lowest BCUT2D eigenvalue weighted by atomic mass is 10.1. The van der Waals surface area contributed by atoms with Crippen molar-refractivity contribution in [1.82, 2.24) is 10.2 Å². The standard InChI is InChI=1S/C16H24N2O3S/c1-9(2)12(5)17-15(19)13-7-22-8-18(13)16(20)14-10(3)6-11(4)21-14/h6,9,12-13H,7-8H2,1-5H3,(H,17,19)/t12-,13-/m1/s1. The van der Waals surface area contributed by atoms with Crippen LogP contribution in [0.2, 0.25) is 0 Å². The van der Waals surface area contributed by atoms with E-state index >= 15 is 0 Å². The van der Waals surface area contributed by atoms with Crippen molar-refractivity contribution in [2.24, 2.45) is 5.92 Å². The Morgan fingerprint density at radius 3 is 2.59 bits per heavy atom. The van der Waals surface area contributed by atoms with Crippen molar-refractivity contribution in [2.75, 3.05) is 11.6 Å². The second-order valence-corrected chi connectivity index (χ2v) is 7.20. The molecular weight excluding hydrogens is 300 g/mol. The molecule has 2 heterocycles. The number of thioether (sulfide) groups is 1. The summed E-state index contributed by atoms with van der Waals surface area (Å²) in [5.41, 5.74) is 0.814. The Balaban J connectivity index is 2.12. The molecule has 0 spiro atoms. The van der Waals surface area contributed by atoms with Crippen molar-refractivity contribution >= 4 is 23.6 Å². The number of carbonyl (C=O) groups excluding carboxylic acids is 2. The van der Waals surface area contributed by atoms with Gasteiger partial charge in [0.1, 0.15) is 11.8 Å². The molecule has 0 saturated carbocycles. The van der Waals surface area contributed by atoms with Crippen LogP contribution in [0.4, 0.5) is 0 Å². The molecule has 2 rings (SSSR count). The van der Waals surface area contributed by atoms with Gasteiger partial charge in [-0.3, -0.25) is 9.59 Å². The minimum atomic E-state index is -0.427. The molecule has 1 aliphatic heterocycles. The molecule has 2 amide bonds. The smallest absolute Gasteiger partial charge is 0.291 e. The van der Waals surface area contributed by atoms with Gasteiger partial charge in [-0.05, 0) is 32.8 Å². The van der Waals surface area contributed by atoms with Gasteiger partial charge in [0.05, 0.1) is 5.88 Å². The minimum Gasteiger partial charge on any atom is -0.456 e. The van der Waals surface area contributed by atoms with Crippen molar-refractivity contribution in [3.05, 3.63) is 23.2 Å². The van der Waals surface area contributed by atoms with Crippen LogP contribution >= 0.6 is 11.8 Å². The number of carbonyl (C=O) groups is 2. The molecule has 1 N–H and O–H groups in total. The van der Waals surface area contributed by atoms with Gasteiger partial charge in [0.2, 0.25) is 5.91 Å². The predicted molar refractivity (Wildman–Crippen MR) is 87.9 cm³/mol. The van der Waals surface area contributed by atoms with Gasteiger partial charge in [0.25, 0.3) is 5.91 Å². The van der Waals surface area contributed by atoms with E-state index in [0.717, 1.165) is 5.56 Å². The Hall–Kier alpha value is -1.43. The molecule has 0 bridgehead atoms.